The van der Waals surface area contributed by atoms with Gasteiger partial charge < -0.3 is 20.5 Å². The van der Waals surface area contributed by atoms with Crippen LogP contribution >= 0.6 is 0 Å². The van der Waals surface area contributed by atoms with Gasteiger partial charge in [0.15, 0.2) is 0 Å². The van der Waals surface area contributed by atoms with Gasteiger partial charge in [-0.3, -0.25) is 9.59 Å². The maximum absolute atomic E-state index is 12.7. The van der Waals surface area contributed by atoms with Crippen LogP contribution in [0.15, 0.2) is 48.5 Å². The molecule has 3 N–H and O–H groups in total. The van der Waals surface area contributed by atoms with Crippen molar-refractivity contribution in [1.29, 1.82) is 0 Å². The number of amides is 2. The Morgan fingerprint density at radius 2 is 1.56 bits per heavy atom. The predicted octanol–water partition coefficient (Wildman–Crippen LogP) is 4.56. The van der Waals surface area contributed by atoms with Gasteiger partial charge in [-0.25, -0.2) is 4.79 Å². The molecule has 0 saturated carbocycles. The third-order valence-electron chi connectivity index (χ3n) is 6.14. The first-order chi connectivity index (χ1) is 16.3. The van der Waals surface area contributed by atoms with Crippen molar-refractivity contribution in [2.45, 2.75) is 52.0 Å². The Morgan fingerprint density at radius 1 is 0.971 bits per heavy atom. The number of hydrogen-bond acceptors (Lipinski definition) is 4. The van der Waals surface area contributed by atoms with E-state index in [1.54, 1.807) is 0 Å². The molecular formula is C27H34N2O5. The average Bonchev–Trinajstić information content (AvgIpc) is 3.13. The van der Waals surface area contributed by atoms with Gasteiger partial charge in [-0.05, 0) is 46.9 Å². The summed E-state index contributed by atoms with van der Waals surface area (Å²) in [5, 5.41) is 14.4. The van der Waals surface area contributed by atoms with Crippen LogP contribution in [0.25, 0.3) is 11.1 Å². The molecule has 0 saturated heterocycles. The number of carbonyl (C=O) groups excluding carboxylic acids is 2. The first kappa shape index (κ1) is 25.3. The number of ether oxygens (including phenoxy) is 1. The van der Waals surface area contributed by atoms with Crippen LogP contribution in [0.1, 0.15) is 57.1 Å². The molecule has 0 spiro atoms. The molecule has 2 amide bonds. The van der Waals surface area contributed by atoms with E-state index in [0.29, 0.717) is 19.4 Å². The highest BCUT2D eigenvalue weighted by atomic mass is 16.5. The van der Waals surface area contributed by atoms with Crippen LogP contribution in [0.5, 0.6) is 0 Å². The number of hydrogen-bond donors (Lipinski definition) is 3. The number of aliphatic carboxylic acids is 1. The second kappa shape index (κ2) is 11.7. The van der Waals surface area contributed by atoms with Gasteiger partial charge in [0.25, 0.3) is 0 Å². The molecule has 0 fully saturated rings. The number of alkyl carbamates (subject to hydrolysis) is 1. The van der Waals surface area contributed by atoms with Crippen molar-refractivity contribution in [3.63, 3.8) is 0 Å². The molecule has 2 aromatic rings. The minimum absolute atomic E-state index is 0.0224. The molecule has 2 atom stereocenters. The van der Waals surface area contributed by atoms with Crippen LogP contribution in [-0.4, -0.2) is 42.3 Å². The highest BCUT2D eigenvalue weighted by molar-refractivity contribution is 5.85. The monoisotopic (exact) mass is 466 g/mol. The third kappa shape index (κ3) is 6.59. The summed E-state index contributed by atoms with van der Waals surface area (Å²) in [6, 6.07) is 15.5. The topological polar surface area (TPSA) is 105 Å². The highest BCUT2D eigenvalue weighted by Crippen LogP contribution is 2.44. The fourth-order valence-corrected chi connectivity index (χ4v) is 4.36. The summed E-state index contributed by atoms with van der Waals surface area (Å²) in [5.41, 5.74) is 4.56. The van der Waals surface area contributed by atoms with Gasteiger partial charge in [0.05, 0.1) is 0 Å². The lowest BCUT2D eigenvalue weighted by atomic mass is 9.98. The van der Waals surface area contributed by atoms with Crippen LogP contribution in [0.4, 0.5) is 4.79 Å². The summed E-state index contributed by atoms with van der Waals surface area (Å²) in [5.74, 6) is -0.981. The van der Waals surface area contributed by atoms with E-state index in [1.165, 1.54) is 0 Å². The van der Waals surface area contributed by atoms with Crippen LogP contribution in [0, 0.1) is 11.8 Å². The summed E-state index contributed by atoms with van der Waals surface area (Å²) in [6.07, 6.45) is 0.385. The minimum Gasteiger partial charge on any atom is -0.481 e. The van der Waals surface area contributed by atoms with Crippen LogP contribution in [0.3, 0.4) is 0 Å². The smallest absolute Gasteiger partial charge is 0.407 e. The third-order valence-corrected chi connectivity index (χ3v) is 6.14. The fraction of sp³-hybridized carbons (Fsp3) is 0.444. The molecule has 0 bridgehead atoms. The van der Waals surface area contributed by atoms with E-state index in [0.717, 1.165) is 22.3 Å². The van der Waals surface area contributed by atoms with E-state index in [4.69, 9.17) is 9.84 Å². The summed E-state index contributed by atoms with van der Waals surface area (Å²) >= 11 is 0. The number of fused-ring (bicyclic) bond motifs is 3. The maximum Gasteiger partial charge on any atom is 0.407 e. The zero-order valence-corrected chi connectivity index (χ0v) is 20.0. The zero-order valence-electron chi connectivity index (χ0n) is 20.0. The highest BCUT2D eigenvalue weighted by Gasteiger charge is 2.30. The number of carbonyl (C=O) groups is 3. The molecule has 0 radical (unpaired) electrons. The van der Waals surface area contributed by atoms with E-state index < -0.39 is 18.1 Å². The van der Waals surface area contributed by atoms with Crippen LogP contribution < -0.4 is 10.6 Å². The molecule has 7 heteroatoms. The van der Waals surface area contributed by atoms with Crippen molar-refractivity contribution in [2.75, 3.05) is 13.2 Å². The predicted molar refractivity (Wildman–Crippen MR) is 130 cm³/mol. The second-order valence-electron chi connectivity index (χ2n) is 9.43. The van der Waals surface area contributed by atoms with Crippen molar-refractivity contribution in [3.8, 4) is 11.1 Å². The molecule has 0 aliphatic heterocycles. The van der Waals surface area contributed by atoms with Gasteiger partial charge >= 0.3 is 12.1 Å². The number of carboxylic acid groups (broad SMARTS) is 1. The summed E-state index contributed by atoms with van der Waals surface area (Å²) in [4.78, 5) is 36.1. The first-order valence-corrected chi connectivity index (χ1v) is 11.9. The van der Waals surface area contributed by atoms with E-state index in [2.05, 4.69) is 34.9 Å². The van der Waals surface area contributed by atoms with Crippen LogP contribution in [-0.2, 0) is 14.3 Å². The molecule has 34 heavy (non-hydrogen) atoms. The van der Waals surface area contributed by atoms with E-state index in [-0.39, 0.29) is 36.7 Å². The minimum atomic E-state index is -0.854. The standard InChI is InChI=1S/C27H34N2O5/c1-17(2)14-24(26(32)28-15-18(3)12-13-25(30)31)29-27(33)34-16-23-21-10-6-4-8-19(21)20-9-5-7-11-22(20)23/h4-11,17-18,23-24H,12-16H2,1-3H3,(H,28,32)(H,29,33)(H,30,31). The molecule has 7 nitrogen and oxygen atoms in total. The first-order valence-electron chi connectivity index (χ1n) is 11.9. The Labute approximate surface area is 200 Å². The number of rotatable bonds is 11. The average molecular weight is 467 g/mol. The summed E-state index contributed by atoms with van der Waals surface area (Å²) in [7, 11) is 0. The lowest BCUT2D eigenvalue weighted by molar-refractivity contribution is -0.137. The second-order valence-corrected chi connectivity index (χ2v) is 9.43. The fourth-order valence-electron chi connectivity index (χ4n) is 4.36. The van der Waals surface area contributed by atoms with E-state index in [1.807, 2.05) is 45.0 Å². The van der Waals surface area contributed by atoms with Gasteiger partial charge in [0.2, 0.25) is 5.91 Å². The Hall–Kier alpha value is -3.35. The van der Waals surface area contributed by atoms with Crippen molar-refractivity contribution in [1.82, 2.24) is 10.6 Å². The largest absolute Gasteiger partial charge is 0.481 e. The van der Waals surface area contributed by atoms with Gasteiger partial charge in [-0.1, -0.05) is 69.3 Å². The summed E-state index contributed by atoms with van der Waals surface area (Å²) < 4.78 is 5.60. The van der Waals surface area contributed by atoms with E-state index in [9.17, 15) is 14.4 Å². The molecule has 1 aliphatic rings. The SMILES string of the molecule is CC(C)CC(NC(=O)OCC1c2ccccc2-c2ccccc21)C(=O)NCC(C)CCC(=O)O. The van der Waals surface area contributed by atoms with Crippen molar-refractivity contribution < 1.29 is 24.2 Å². The van der Waals surface area contributed by atoms with Crippen molar-refractivity contribution in [3.05, 3.63) is 59.7 Å². The van der Waals surface area contributed by atoms with Crippen LogP contribution in [0.2, 0.25) is 0 Å². The Morgan fingerprint density at radius 3 is 2.12 bits per heavy atom. The lowest BCUT2D eigenvalue weighted by Gasteiger charge is -2.22. The maximum atomic E-state index is 12.7. The Bertz CT molecular complexity index is 974. The van der Waals surface area contributed by atoms with Gasteiger partial charge in [0, 0.05) is 18.9 Å². The molecule has 0 aromatic heterocycles. The number of carboxylic acids is 1. The van der Waals surface area contributed by atoms with Crippen molar-refractivity contribution in [2.24, 2.45) is 11.8 Å². The number of benzene rings is 2. The molecular weight excluding hydrogens is 432 g/mol. The Kier molecular flexibility index (Phi) is 8.68. The van der Waals surface area contributed by atoms with Gasteiger partial charge in [-0.2, -0.15) is 0 Å². The molecule has 3 rings (SSSR count). The number of nitrogens with one attached hydrogen (secondary N) is 2. The molecule has 182 valence electrons. The van der Waals surface area contributed by atoms with Gasteiger partial charge in [-0.15, -0.1) is 0 Å². The quantitative estimate of drug-likeness (QED) is 0.450. The Balaban J connectivity index is 1.58. The zero-order chi connectivity index (χ0) is 24.7. The van der Waals surface area contributed by atoms with Crippen molar-refractivity contribution >= 4 is 18.0 Å². The lowest BCUT2D eigenvalue weighted by Crippen LogP contribution is -2.48. The molecule has 2 unspecified atom stereocenters. The summed E-state index contributed by atoms with van der Waals surface area (Å²) in [6.45, 7) is 6.39. The molecule has 2 aromatic carbocycles. The normalized spacial score (nSPS) is 14.1. The van der Waals surface area contributed by atoms with E-state index >= 15 is 0 Å². The molecule has 0 heterocycles. The molecule has 1 aliphatic carbocycles. The van der Waals surface area contributed by atoms with Gasteiger partial charge in [0.1, 0.15) is 12.6 Å².